The van der Waals surface area contributed by atoms with Crippen molar-refractivity contribution in [3.63, 3.8) is 0 Å². The average Bonchev–Trinajstić information content (AvgIpc) is 2.78. The Balaban J connectivity index is 1.75. The number of hydrogen-bond acceptors (Lipinski definition) is 3. The van der Waals surface area contributed by atoms with Gasteiger partial charge in [0.1, 0.15) is 5.75 Å². The van der Waals surface area contributed by atoms with E-state index in [1.807, 2.05) is 0 Å². The van der Waals surface area contributed by atoms with E-state index in [1.54, 1.807) is 42.5 Å². The highest BCUT2D eigenvalue weighted by atomic mass is 19.3. The molecule has 2 aromatic rings. The van der Waals surface area contributed by atoms with E-state index in [4.69, 9.17) is 0 Å². The molecule has 118 valence electrons. The summed E-state index contributed by atoms with van der Waals surface area (Å²) in [5.74, 6) is -0.671. The summed E-state index contributed by atoms with van der Waals surface area (Å²) in [4.78, 5) is 25.6. The number of amides is 2. The second-order valence-electron chi connectivity index (χ2n) is 5.04. The number of rotatable bonds is 5. The maximum absolute atomic E-state index is 12.4. The van der Waals surface area contributed by atoms with E-state index in [1.165, 1.54) is 6.07 Å². The van der Waals surface area contributed by atoms with Gasteiger partial charge in [0.25, 0.3) is 11.8 Å². The summed E-state index contributed by atoms with van der Waals surface area (Å²) in [5.41, 5.74) is 1.26. The summed E-state index contributed by atoms with van der Waals surface area (Å²) in [5, 5.41) is 0. The molecule has 1 heterocycles. The number of imide groups is 1. The van der Waals surface area contributed by atoms with Crippen molar-refractivity contribution in [1.29, 1.82) is 0 Å². The standard InChI is InChI=1S/C17H13F2NO3/c18-17(19)23-14-8-4-1-5-11(14)9-10-20-15(21)12-6-2-3-7-13(12)16(20)22/h1-8,17H,9-10H2. The highest BCUT2D eigenvalue weighted by Gasteiger charge is 2.34. The van der Waals surface area contributed by atoms with Crippen molar-refractivity contribution >= 4 is 11.8 Å². The minimum Gasteiger partial charge on any atom is -0.435 e. The fourth-order valence-corrected chi connectivity index (χ4v) is 2.60. The molecule has 0 unspecified atom stereocenters. The number of benzene rings is 2. The molecule has 0 saturated carbocycles. The molecule has 2 amide bonds. The van der Waals surface area contributed by atoms with Crippen LogP contribution < -0.4 is 4.74 Å². The molecule has 23 heavy (non-hydrogen) atoms. The van der Waals surface area contributed by atoms with Crippen LogP contribution in [0.4, 0.5) is 8.78 Å². The van der Waals surface area contributed by atoms with Crippen molar-refractivity contribution in [3.05, 3.63) is 65.2 Å². The number of ether oxygens (including phenoxy) is 1. The van der Waals surface area contributed by atoms with Gasteiger partial charge in [0, 0.05) is 6.54 Å². The molecule has 1 aliphatic heterocycles. The van der Waals surface area contributed by atoms with Crippen LogP contribution in [-0.2, 0) is 6.42 Å². The van der Waals surface area contributed by atoms with Crippen LogP contribution in [0, 0.1) is 0 Å². The Morgan fingerprint density at radius 2 is 1.48 bits per heavy atom. The van der Waals surface area contributed by atoms with E-state index >= 15 is 0 Å². The molecule has 0 aromatic heterocycles. The van der Waals surface area contributed by atoms with Crippen LogP contribution in [0.2, 0.25) is 0 Å². The van der Waals surface area contributed by atoms with Gasteiger partial charge in [0.2, 0.25) is 0 Å². The molecule has 2 aromatic carbocycles. The predicted molar refractivity (Wildman–Crippen MR) is 78.6 cm³/mol. The predicted octanol–water partition coefficient (Wildman–Crippen LogP) is 3.13. The Kier molecular flexibility index (Phi) is 4.06. The molecule has 0 spiro atoms. The first-order chi connectivity index (χ1) is 11.1. The van der Waals surface area contributed by atoms with Crippen LogP contribution in [0.1, 0.15) is 26.3 Å². The normalized spacial score (nSPS) is 13.6. The number of alkyl halides is 2. The van der Waals surface area contributed by atoms with E-state index in [9.17, 15) is 18.4 Å². The number of nitrogens with zero attached hydrogens (tertiary/aromatic N) is 1. The minimum atomic E-state index is -2.92. The SMILES string of the molecule is O=C1c2ccccc2C(=O)N1CCc1ccccc1OC(F)F. The third kappa shape index (κ3) is 2.92. The van der Waals surface area contributed by atoms with E-state index in [0.29, 0.717) is 16.7 Å². The molecule has 0 fully saturated rings. The van der Waals surface area contributed by atoms with Crippen LogP contribution in [0.5, 0.6) is 5.75 Å². The monoisotopic (exact) mass is 317 g/mol. The zero-order valence-electron chi connectivity index (χ0n) is 12.0. The van der Waals surface area contributed by atoms with Gasteiger partial charge in [-0.15, -0.1) is 0 Å². The van der Waals surface area contributed by atoms with Gasteiger partial charge in [-0.3, -0.25) is 14.5 Å². The third-order valence-electron chi connectivity index (χ3n) is 3.67. The summed E-state index contributed by atoms with van der Waals surface area (Å²) in [6.07, 6.45) is 0.244. The topological polar surface area (TPSA) is 46.6 Å². The van der Waals surface area contributed by atoms with Crippen molar-refractivity contribution in [3.8, 4) is 5.75 Å². The highest BCUT2D eigenvalue weighted by Crippen LogP contribution is 2.25. The molecule has 0 saturated heterocycles. The molecular formula is C17H13F2NO3. The van der Waals surface area contributed by atoms with Crippen molar-refractivity contribution in [2.75, 3.05) is 6.54 Å². The lowest BCUT2D eigenvalue weighted by molar-refractivity contribution is -0.0505. The number of carbonyl (C=O) groups is 2. The Hall–Kier alpha value is -2.76. The number of fused-ring (bicyclic) bond motifs is 1. The van der Waals surface area contributed by atoms with Gasteiger partial charge in [-0.1, -0.05) is 30.3 Å². The average molecular weight is 317 g/mol. The van der Waals surface area contributed by atoms with E-state index in [0.717, 1.165) is 4.90 Å². The number of halogens is 2. The summed E-state index contributed by atoms with van der Waals surface area (Å²) >= 11 is 0. The van der Waals surface area contributed by atoms with Gasteiger partial charge < -0.3 is 4.74 Å². The lowest BCUT2D eigenvalue weighted by Gasteiger charge is -2.15. The van der Waals surface area contributed by atoms with Crippen molar-refractivity contribution < 1.29 is 23.1 Å². The lowest BCUT2D eigenvalue weighted by Crippen LogP contribution is -2.31. The fraction of sp³-hybridized carbons (Fsp3) is 0.176. The number of hydrogen-bond donors (Lipinski definition) is 0. The second kappa shape index (κ2) is 6.16. The molecule has 3 rings (SSSR count). The number of carbonyl (C=O) groups excluding carboxylic acids is 2. The lowest BCUT2D eigenvalue weighted by atomic mass is 10.1. The van der Waals surface area contributed by atoms with E-state index < -0.39 is 6.61 Å². The molecule has 6 heteroatoms. The Morgan fingerprint density at radius 1 is 0.913 bits per heavy atom. The van der Waals surface area contributed by atoms with Gasteiger partial charge in [-0.2, -0.15) is 8.78 Å². The summed E-state index contributed by atoms with van der Waals surface area (Å²) in [6.45, 7) is -2.81. The van der Waals surface area contributed by atoms with Crippen LogP contribution in [-0.4, -0.2) is 29.9 Å². The second-order valence-corrected chi connectivity index (χ2v) is 5.04. The quantitative estimate of drug-likeness (QED) is 0.796. The Morgan fingerprint density at radius 3 is 2.09 bits per heavy atom. The van der Waals surface area contributed by atoms with Crippen LogP contribution in [0.3, 0.4) is 0 Å². The third-order valence-corrected chi connectivity index (χ3v) is 3.67. The van der Waals surface area contributed by atoms with Crippen molar-refractivity contribution in [1.82, 2.24) is 4.90 Å². The highest BCUT2D eigenvalue weighted by molar-refractivity contribution is 6.21. The molecule has 4 nitrogen and oxygen atoms in total. The molecule has 0 radical (unpaired) electrons. The van der Waals surface area contributed by atoms with Crippen molar-refractivity contribution in [2.24, 2.45) is 0 Å². The zero-order valence-corrected chi connectivity index (χ0v) is 12.0. The molecule has 0 aliphatic carbocycles. The largest absolute Gasteiger partial charge is 0.435 e. The van der Waals surface area contributed by atoms with Gasteiger partial charge in [-0.25, -0.2) is 0 Å². The summed E-state index contributed by atoms with van der Waals surface area (Å²) in [6, 6.07) is 12.9. The molecule has 0 N–H and O–H groups in total. The fourth-order valence-electron chi connectivity index (χ4n) is 2.60. The van der Waals surface area contributed by atoms with Gasteiger partial charge in [0.05, 0.1) is 11.1 Å². The maximum atomic E-state index is 12.4. The first-order valence-electron chi connectivity index (χ1n) is 7.06. The van der Waals surface area contributed by atoms with Gasteiger partial charge >= 0.3 is 6.61 Å². The summed E-state index contributed by atoms with van der Waals surface area (Å²) in [7, 11) is 0. The van der Waals surface area contributed by atoms with E-state index in [2.05, 4.69) is 4.74 Å². The molecule has 0 bridgehead atoms. The molecule has 1 aliphatic rings. The zero-order chi connectivity index (χ0) is 16.4. The number of para-hydroxylation sites is 1. The maximum Gasteiger partial charge on any atom is 0.387 e. The van der Waals surface area contributed by atoms with Gasteiger partial charge in [0.15, 0.2) is 0 Å². The first kappa shape index (κ1) is 15.1. The first-order valence-corrected chi connectivity index (χ1v) is 7.06. The van der Waals surface area contributed by atoms with Crippen LogP contribution in [0.15, 0.2) is 48.5 Å². The smallest absolute Gasteiger partial charge is 0.387 e. The molecular weight excluding hydrogens is 304 g/mol. The summed E-state index contributed by atoms with van der Waals surface area (Å²) < 4.78 is 29.3. The Bertz CT molecular complexity index is 726. The van der Waals surface area contributed by atoms with Crippen molar-refractivity contribution in [2.45, 2.75) is 13.0 Å². The molecule has 0 atom stereocenters. The minimum absolute atomic E-state index is 0.0547. The van der Waals surface area contributed by atoms with Crippen LogP contribution >= 0.6 is 0 Å². The van der Waals surface area contributed by atoms with Gasteiger partial charge in [-0.05, 0) is 30.2 Å². The van der Waals surface area contributed by atoms with E-state index in [-0.39, 0.29) is 30.5 Å². The van der Waals surface area contributed by atoms with Crippen LogP contribution in [0.25, 0.3) is 0 Å². The Labute approximate surface area is 131 Å².